The highest BCUT2D eigenvalue weighted by molar-refractivity contribution is 5.85. The molecule has 2 fully saturated rings. The second-order valence-corrected chi connectivity index (χ2v) is 3.26. The first-order valence-corrected chi connectivity index (χ1v) is 4.14. The Morgan fingerprint density at radius 3 is 2.91 bits per heavy atom. The van der Waals surface area contributed by atoms with Crippen molar-refractivity contribution in [3.8, 4) is 0 Å². The van der Waals surface area contributed by atoms with E-state index in [1.54, 1.807) is 0 Å². The highest BCUT2D eigenvalue weighted by atomic mass is 16.7. The standard InChI is InChI=1S/C8H13NO2/c1-6(7-2-3-7)9-11-5-8-4-10-8/h7-8H,2-5H2,1H3/b9-6-. The van der Waals surface area contributed by atoms with Gasteiger partial charge in [0.15, 0.2) is 0 Å². The van der Waals surface area contributed by atoms with Crippen LogP contribution in [0, 0.1) is 5.92 Å². The maximum Gasteiger partial charge on any atom is 0.145 e. The SMILES string of the molecule is C/C(=N/OCC1CO1)C1CC1. The van der Waals surface area contributed by atoms with Crippen molar-refractivity contribution in [1.29, 1.82) is 0 Å². The molecule has 0 aromatic heterocycles. The van der Waals surface area contributed by atoms with Crippen LogP contribution in [0.1, 0.15) is 19.8 Å². The average Bonchev–Trinajstić information content (AvgIpc) is 2.85. The molecule has 1 aliphatic carbocycles. The van der Waals surface area contributed by atoms with E-state index in [0.29, 0.717) is 12.7 Å². The Bertz CT molecular complexity index is 171. The summed E-state index contributed by atoms with van der Waals surface area (Å²) in [6.45, 7) is 3.51. The monoisotopic (exact) mass is 155 g/mol. The number of hydrogen-bond donors (Lipinski definition) is 0. The molecule has 2 aliphatic rings. The van der Waals surface area contributed by atoms with Crippen LogP contribution in [0.15, 0.2) is 5.16 Å². The summed E-state index contributed by atoms with van der Waals surface area (Å²) in [7, 11) is 0. The molecule has 0 aromatic carbocycles. The summed E-state index contributed by atoms with van der Waals surface area (Å²) in [5.74, 6) is 0.718. The van der Waals surface area contributed by atoms with Crippen molar-refractivity contribution in [3.63, 3.8) is 0 Å². The Morgan fingerprint density at radius 2 is 2.36 bits per heavy atom. The van der Waals surface area contributed by atoms with Gasteiger partial charge in [0.25, 0.3) is 0 Å². The van der Waals surface area contributed by atoms with Gasteiger partial charge in [-0.25, -0.2) is 0 Å². The van der Waals surface area contributed by atoms with Gasteiger partial charge < -0.3 is 9.57 Å². The molecule has 0 bridgehead atoms. The molecule has 1 saturated carbocycles. The van der Waals surface area contributed by atoms with Gasteiger partial charge in [-0.15, -0.1) is 0 Å². The Kier molecular flexibility index (Phi) is 1.82. The van der Waals surface area contributed by atoms with Gasteiger partial charge in [0.05, 0.1) is 12.3 Å². The van der Waals surface area contributed by atoms with Crippen molar-refractivity contribution >= 4 is 5.71 Å². The third-order valence-electron chi connectivity index (χ3n) is 2.04. The molecular weight excluding hydrogens is 142 g/mol. The van der Waals surface area contributed by atoms with E-state index in [1.807, 2.05) is 6.92 Å². The zero-order valence-electron chi connectivity index (χ0n) is 6.75. The van der Waals surface area contributed by atoms with Crippen LogP contribution in [0.2, 0.25) is 0 Å². The lowest BCUT2D eigenvalue weighted by molar-refractivity contribution is 0.124. The smallest absolute Gasteiger partial charge is 0.145 e. The summed E-state index contributed by atoms with van der Waals surface area (Å²) >= 11 is 0. The first-order valence-electron chi connectivity index (χ1n) is 4.14. The fourth-order valence-corrected chi connectivity index (χ4v) is 0.962. The third-order valence-corrected chi connectivity index (χ3v) is 2.04. The zero-order chi connectivity index (χ0) is 7.68. The largest absolute Gasteiger partial charge is 0.393 e. The quantitative estimate of drug-likeness (QED) is 0.347. The minimum absolute atomic E-state index is 0.325. The maximum atomic E-state index is 5.08. The minimum atomic E-state index is 0.325. The molecule has 3 nitrogen and oxygen atoms in total. The van der Waals surface area contributed by atoms with E-state index in [2.05, 4.69) is 5.16 Å². The summed E-state index contributed by atoms with van der Waals surface area (Å²) in [6.07, 6.45) is 2.91. The van der Waals surface area contributed by atoms with Crippen LogP contribution in [0.25, 0.3) is 0 Å². The molecule has 1 heterocycles. The van der Waals surface area contributed by atoms with Crippen molar-refractivity contribution in [1.82, 2.24) is 0 Å². The van der Waals surface area contributed by atoms with E-state index in [0.717, 1.165) is 18.2 Å². The van der Waals surface area contributed by atoms with Gasteiger partial charge in [-0.3, -0.25) is 0 Å². The number of nitrogens with zero attached hydrogens (tertiary/aromatic N) is 1. The molecule has 1 saturated heterocycles. The van der Waals surface area contributed by atoms with Crippen molar-refractivity contribution in [2.75, 3.05) is 13.2 Å². The van der Waals surface area contributed by atoms with Crippen LogP contribution in [0.5, 0.6) is 0 Å². The molecule has 1 aliphatic heterocycles. The van der Waals surface area contributed by atoms with E-state index >= 15 is 0 Å². The molecule has 62 valence electrons. The van der Waals surface area contributed by atoms with Crippen molar-refractivity contribution in [2.24, 2.45) is 11.1 Å². The van der Waals surface area contributed by atoms with Crippen molar-refractivity contribution < 1.29 is 9.57 Å². The molecule has 0 amide bonds. The third kappa shape index (κ3) is 2.19. The van der Waals surface area contributed by atoms with E-state index < -0.39 is 0 Å². The first-order chi connectivity index (χ1) is 5.36. The maximum absolute atomic E-state index is 5.08. The molecule has 0 aromatic rings. The van der Waals surface area contributed by atoms with Crippen LogP contribution in [0.4, 0.5) is 0 Å². The highest BCUT2D eigenvalue weighted by Crippen LogP contribution is 2.30. The zero-order valence-corrected chi connectivity index (χ0v) is 6.75. The molecule has 2 rings (SSSR count). The van der Waals surface area contributed by atoms with E-state index in [4.69, 9.17) is 9.57 Å². The number of oxime groups is 1. The predicted molar refractivity (Wildman–Crippen MR) is 41.5 cm³/mol. The molecule has 11 heavy (non-hydrogen) atoms. The number of hydrogen-bond acceptors (Lipinski definition) is 3. The van der Waals surface area contributed by atoms with Crippen LogP contribution >= 0.6 is 0 Å². The Hall–Kier alpha value is -0.570. The van der Waals surface area contributed by atoms with E-state index in [-0.39, 0.29) is 0 Å². The Morgan fingerprint density at radius 1 is 1.64 bits per heavy atom. The molecule has 3 heteroatoms. The number of rotatable bonds is 4. The number of ether oxygens (including phenoxy) is 1. The van der Waals surface area contributed by atoms with Crippen LogP contribution in [0.3, 0.4) is 0 Å². The normalized spacial score (nSPS) is 30.3. The predicted octanol–water partition coefficient (Wildman–Crippen LogP) is 1.19. The minimum Gasteiger partial charge on any atom is -0.393 e. The van der Waals surface area contributed by atoms with Crippen LogP contribution in [-0.2, 0) is 9.57 Å². The van der Waals surface area contributed by atoms with Gasteiger partial charge in [-0.1, -0.05) is 5.16 Å². The molecule has 0 N–H and O–H groups in total. The van der Waals surface area contributed by atoms with E-state index in [9.17, 15) is 0 Å². The summed E-state index contributed by atoms with van der Waals surface area (Å²) in [5.41, 5.74) is 1.14. The highest BCUT2D eigenvalue weighted by Gasteiger charge is 2.26. The lowest BCUT2D eigenvalue weighted by Crippen LogP contribution is -2.00. The van der Waals surface area contributed by atoms with Crippen molar-refractivity contribution in [2.45, 2.75) is 25.9 Å². The molecule has 1 atom stereocenters. The van der Waals surface area contributed by atoms with E-state index in [1.165, 1.54) is 12.8 Å². The second kappa shape index (κ2) is 2.81. The molecule has 0 spiro atoms. The Labute approximate surface area is 66.4 Å². The molecule has 0 radical (unpaired) electrons. The first kappa shape index (κ1) is 7.10. The summed E-state index contributed by atoms with van der Waals surface area (Å²) in [6, 6.07) is 0. The van der Waals surface area contributed by atoms with Gasteiger partial charge in [0.1, 0.15) is 12.7 Å². The van der Waals surface area contributed by atoms with Gasteiger partial charge >= 0.3 is 0 Å². The van der Waals surface area contributed by atoms with Gasteiger partial charge in [0.2, 0.25) is 0 Å². The second-order valence-electron chi connectivity index (χ2n) is 3.26. The lowest BCUT2D eigenvalue weighted by atomic mass is 10.3. The summed E-state index contributed by atoms with van der Waals surface area (Å²) in [5, 5.41) is 4.00. The van der Waals surface area contributed by atoms with Crippen LogP contribution < -0.4 is 0 Å². The Balaban J connectivity index is 1.64. The van der Waals surface area contributed by atoms with Crippen LogP contribution in [-0.4, -0.2) is 25.0 Å². The fourth-order valence-electron chi connectivity index (χ4n) is 0.962. The summed E-state index contributed by atoms with van der Waals surface area (Å²) in [4.78, 5) is 5.08. The van der Waals surface area contributed by atoms with Gasteiger partial charge in [-0.05, 0) is 19.8 Å². The van der Waals surface area contributed by atoms with Crippen molar-refractivity contribution in [3.05, 3.63) is 0 Å². The van der Waals surface area contributed by atoms with Gasteiger partial charge in [-0.2, -0.15) is 0 Å². The summed E-state index contributed by atoms with van der Waals surface area (Å²) < 4.78 is 4.97. The number of epoxide rings is 1. The fraction of sp³-hybridized carbons (Fsp3) is 0.875. The lowest BCUT2D eigenvalue weighted by Gasteiger charge is -1.96. The topological polar surface area (TPSA) is 34.1 Å². The molecular formula is C8H13NO2. The van der Waals surface area contributed by atoms with Gasteiger partial charge in [0, 0.05) is 5.92 Å². The average molecular weight is 155 g/mol. The molecule has 1 unspecified atom stereocenters.